The third-order valence-electron chi connectivity index (χ3n) is 7.30. The van der Waals surface area contributed by atoms with Crippen LogP contribution < -0.4 is 21.2 Å². The molecule has 0 amide bonds. The van der Waals surface area contributed by atoms with Gasteiger partial charge >= 0.3 is 0 Å². The van der Waals surface area contributed by atoms with Gasteiger partial charge in [0.15, 0.2) is 0 Å². The third-order valence-corrected chi connectivity index (χ3v) is 7.30. The highest BCUT2D eigenvalue weighted by Gasteiger charge is 2.18. The van der Waals surface area contributed by atoms with E-state index in [9.17, 15) is 0 Å². The highest BCUT2D eigenvalue weighted by Crippen LogP contribution is 2.26. The van der Waals surface area contributed by atoms with Crippen molar-refractivity contribution in [2.24, 2.45) is 5.92 Å². The number of rotatable bonds is 6. The normalized spacial score (nSPS) is 15.8. The average molecular weight is 484 g/mol. The Balaban J connectivity index is 0.000000236. The van der Waals surface area contributed by atoms with Gasteiger partial charge in [-0.1, -0.05) is 55.6 Å². The van der Waals surface area contributed by atoms with Crippen LogP contribution in [-0.4, -0.2) is 17.7 Å². The molecule has 0 bridgehead atoms. The first-order chi connectivity index (χ1) is 17.2. The molecule has 1 fully saturated rings. The zero-order valence-corrected chi connectivity index (χ0v) is 23.3. The molecule has 1 aliphatic heterocycles. The summed E-state index contributed by atoms with van der Waals surface area (Å²) in [4.78, 5) is 0. The number of nitrogens with zero attached hydrogens (tertiary/aromatic N) is 1. The van der Waals surface area contributed by atoms with E-state index in [1.54, 1.807) is 0 Å². The third kappa shape index (κ3) is 7.01. The fourth-order valence-corrected chi connectivity index (χ4v) is 5.00. The molecule has 2 N–H and O–H groups in total. The fourth-order valence-electron chi connectivity index (χ4n) is 5.00. The summed E-state index contributed by atoms with van der Waals surface area (Å²) in [5, 5.41) is 9.15. The first-order valence-corrected chi connectivity index (χ1v) is 13.3. The summed E-state index contributed by atoms with van der Waals surface area (Å²) >= 11 is 0. The van der Waals surface area contributed by atoms with Crippen LogP contribution in [0.4, 0.5) is 0 Å². The summed E-state index contributed by atoms with van der Waals surface area (Å²) in [5.74, 6) is 0.699. The van der Waals surface area contributed by atoms with Crippen molar-refractivity contribution in [3.63, 3.8) is 0 Å². The van der Waals surface area contributed by atoms with E-state index in [2.05, 4.69) is 112 Å². The molecule has 2 aromatic carbocycles. The Labute approximate surface area is 218 Å². The quantitative estimate of drug-likeness (QED) is 0.456. The van der Waals surface area contributed by atoms with Crippen molar-refractivity contribution in [3.8, 4) is 11.3 Å². The van der Waals surface area contributed by atoms with Crippen LogP contribution in [0.15, 0.2) is 54.7 Å². The Bertz CT molecular complexity index is 1270. The van der Waals surface area contributed by atoms with E-state index in [1.807, 2.05) is 6.92 Å². The number of nitrogens with one attached hydrogen (secondary N) is 2. The Morgan fingerprint density at radius 3 is 2.36 bits per heavy atom. The van der Waals surface area contributed by atoms with E-state index in [0.29, 0.717) is 5.92 Å². The maximum absolute atomic E-state index is 4.37. The standard InChI is InChI=1S/C21H28N2.C12H17N/c1-5-19-12-20(21-15(2)8-6-9-16(21)3)23(17(19)4)14-18-10-7-11-22-13-18;1-9(2)13-8-12-6-5-10(3)11(4)7-12/h5-6,8-9,12,18,22H,4,7,10-11,13-14H2,1-3H3;5-7,13H,1,8H2,2-4H3/b19-5-;/t18-;/m1./s1. The minimum Gasteiger partial charge on any atom is -0.385 e. The van der Waals surface area contributed by atoms with Crippen LogP contribution in [0.3, 0.4) is 0 Å². The predicted molar refractivity (Wildman–Crippen MR) is 157 cm³/mol. The fraction of sp³-hybridized carbons (Fsp3) is 0.394. The summed E-state index contributed by atoms with van der Waals surface area (Å²) in [6, 6.07) is 15.4. The number of benzene rings is 2. The van der Waals surface area contributed by atoms with Gasteiger partial charge in [-0.2, -0.15) is 0 Å². The van der Waals surface area contributed by atoms with Gasteiger partial charge in [0.2, 0.25) is 0 Å². The van der Waals surface area contributed by atoms with Crippen LogP contribution in [0, 0.1) is 33.6 Å². The molecule has 1 aromatic heterocycles. The maximum atomic E-state index is 4.37. The first-order valence-electron chi connectivity index (χ1n) is 13.3. The molecule has 1 aliphatic rings. The monoisotopic (exact) mass is 483 g/mol. The second kappa shape index (κ2) is 12.8. The van der Waals surface area contributed by atoms with Crippen molar-refractivity contribution in [2.75, 3.05) is 13.1 Å². The molecule has 0 aliphatic carbocycles. The van der Waals surface area contributed by atoms with Gasteiger partial charge in [-0.05, 0) is 112 Å². The van der Waals surface area contributed by atoms with E-state index in [0.717, 1.165) is 37.2 Å². The smallest absolute Gasteiger partial charge is 0.0496 e. The number of aryl methyl sites for hydroxylation is 4. The van der Waals surface area contributed by atoms with Gasteiger partial charge in [0.05, 0.1) is 0 Å². The highest BCUT2D eigenvalue weighted by molar-refractivity contribution is 5.68. The molecular weight excluding hydrogens is 438 g/mol. The van der Waals surface area contributed by atoms with Crippen molar-refractivity contribution in [2.45, 2.75) is 67.5 Å². The lowest BCUT2D eigenvalue weighted by atomic mass is 9.97. The zero-order valence-electron chi connectivity index (χ0n) is 23.3. The van der Waals surface area contributed by atoms with Crippen molar-refractivity contribution in [1.82, 2.24) is 15.2 Å². The van der Waals surface area contributed by atoms with Gasteiger partial charge in [-0.3, -0.25) is 0 Å². The molecule has 4 rings (SSSR count). The van der Waals surface area contributed by atoms with Crippen molar-refractivity contribution < 1.29 is 0 Å². The molecule has 3 heteroatoms. The van der Waals surface area contributed by atoms with Crippen molar-refractivity contribution in [3.05, 3.63) is 93.1 Å². The molecule has 0 spiro atoms. The van der Waals surface area contributed by atoms with Crippen LogP contribution in [-0.2, 0) is 13.1 Å². The van der Waals surface area contributed by atoms with Crippen LogP contribution in [0.5, 0.6) is 0 Å². The molecule has 192 valence electrons. The molecule has 0 radical (unpaired) electrons. The van der Waals surface area contributed by atoms with E-state index in [-0.39, 0.29) is 0 Å². The van der Waals surface area contributed by atoms with E-state index >= 15 is 0 Å². The number of hydrogen-bond donors (Lipinski definition) is 2. The van der Waals surface area contributed by atoms with E-state index in [4.69, 9.17) is 0 Å². The molecule has 3 nitrogen and oxygen atoms in total. The molecule has 36 heavy (non-hydrogen) atoms. The second-order valence-corrected chi connectivity index (χ2v) is 10.4. The first kappa shape index (κ1) is 27.5. The SMILES string of the molecule is C=C(C)NCc1ccc(C)c(C)c1.C=c1/c(=C\C)cc(-c2c(C)cccc2C)n1C[C@@H]1CCCNC1. The Kier molecular flexibility index (Phi) is 9.78. The average Bonchev–Trinajstić information content (AvgIpc) is 3.15. The summed E-state index contributed by atoms with van der Waals surface area (Å²) < 4.78 is 2.45. The lowest BCUT2D eigenvalue weighted by Gasteiger charge is -2.25. The van der Waals surface area contributed by atoms with Gasteiger partial charge in [0.25, 0.3) is 0 Å². The molecular formula is C33H45N3. The lowest BCUT2D eigenvalue weighted by Crippen LogP contribution is -2.36. The summed E-state index contributed by atoms with van der Waals surface area (Å²) in [6.07, 6.45) is 4.76. The number of hydrogen-bond acceptors (Lipinski definition) is 2. The molecule has 3 aromatic rings. The Hall–Kier alpha value is -3.04. The van der Waals surface area contributed by atoms with Crippen LogP contribution >= 0.6 is 0 Å². The van der Waals surface area contributed by atoms with Gasteiger partial charge in [0, 0.05) is 35.4 Å². The topological polar surface area (TPSA) is 29.0 Å². The van der Waals surface area contributed by atoms with Crippen LogP contribution in [0.2, 0.25) is 0 Å². The number of allylic oxidation sites excluding steroid dienone is 1. The molecule has 1 saturated heterocycles. The highest BCUT2D eigenvalue weighted by atomic mass is 15.0. The van der Waals surface area contributed by atoms with Gasteiger partial charge in [0.1, 0.15) is 0 Å². The van der Waals surface area contributed by atoms with Crippen molar-refractivity contribution >= 4 is 12.7 Å². The minimum atomic E-state index is 0.699. The minimum absolute atomic E-state index is 0.699. The molecule has 1 atom stereocenters. The summed E-state index contributed by atoms with van der Waals surface area (Å²) in [6.45, 7) is 25.1. The molecule has 2 heterocycles. The number of piperidine rings is 1. The molecule has 0 saturated carbocycles. The Morgan fingerprint density at radius 1 is 1.06 bits per heavy atom. The van der Waals surface area contributed by atoms with Crippen LogP contribution in [0.1, 0.15) is 54.5 Å². The van der Waals surface area contributed by atoms with E-state index in [1.165, 1.54) is 57.1 Å². The van der Waals surface area contributed by atoms with Gasteiger partial charge in [-0.15, -0.1) is 0 Å². The lowest BCUT2D eigenvalue weighted by molar-refractivity contribution is 0.336. The van der Waals surface area contributed by atoms with Gasteiger partial charge < -0.3 is 15.2 Å². The molecule has 0 unspecified atom stereocenters. The largest absolute Gasteiger partial charge is 0.385 e. The second-order valence-electron chi connectivity index (χ2n) is 10.4. The van der Waals surface area contributed by atoms with Crippen molar-refractivity contribution in [1.29, 1.82) is 0 Å². The number of aromatic nitrogens is 1. The summed E-state index contributed by atoms with van der Waals surface area (Å²) in [7, 11) is 0. The van der Waals surface area contributed by atoms with Gasteiger partial charge in [-0.25, -0.2) is 0 Å². The predicted octanol–water partition coefficient (Wildman–Crippen LogP) is 5.91. The zero-order chi connectivity index (χ0) is 26.2. The summed E-state index contributed by atoms with van der Waals surface area (Å²) in [5.41, 5.74) is 10.4. The van der Waals surface area contributed by atoms with E-state index < -0.39 is 0 Å². The Morgan fingerprint density at radius 2 is 1.78 bits per heavy atom. The maximum Gasteiger partial charge on any atom is 0.0496 e. The van der Waals surface area contributed by atoms with Crippen LogP contribution in [0.25, 0.3) is 23.9 Å².